The average molecular weight is 219 g/mol. The largest absolute Gasteiger partial charge is 0.378 e. The number of aryl methyl sites for hydroxylation is 2. The monoisotopic (exact) mass is 219 g/mol. The quantitative estimate of drug-likeness (QED) is 0.784. The van der Waals surface area contributed by atoms with Crippen molar-refractivity contribution in [3.63, 3.8) is 0 Å². The van der Waals surface area contributed by atoms with Gasteiger partial charge in [-0.15, -0.1) is 0 Å². The summed E-state index contributed by atoms with van der Waals surface area (Å²) >= 11 is 0. The molecule has 2 nitrogen and oxygen atoms in total. The van der Waals surface area contributed by atoms with Gasteiger partial charge in [-0.3, -0.25) is 0 Å². The fourth-order valence-corrected chi connectivity index (χ4v) is 2.37. The fourth-order valence-electron chi connectivity index (χ4n) is 2.37. The molecule has 1 aliphatic rings. The summed E-state index contributed by atoms with van der Waals surface area (Å²) in [5.74, 6) is 0. The first-order valence-corrected chi connectivity index (χ1v) is 5.90. The van der Waals surface area contributed by atoms with Gasteiger partial charge in [0.2, 0.25) is 0 Å². The van der Waals surface area contributed by atoms with Gasteiger partial charge in [-0.2, -0.15) is 0 Å². The normalized spacial score (nSPS) is 24.4. The van der Waals surface area contributed by atoms with Crippen LogP contribution in [0.15, 0.2) is 18.2 Å². The van der Waals surface area contributed by atoms with Crippen molar-refractivity contribution in [1.82, 2.24) is 5.32 Å². The first kappa shape index (κ1) is 11.6. The number of morpholine rings is 1. The van der Waals surface area contributed by atoms with E-state index in [2.05, 4.69) is 51.2 Å². The molecular formula is C14H21NO. The standard InChI is InChI=1S/C14H21NO/c1-10-5-6-12(11(2)7-10)13-8-16-9-14(3,4)15-13/h5-7,13,15H,8-9H2,1-4H3. The molecule has 2 rings (SSSR count). The highest BCUT2D eigenvalue weighted by atomic mass is 16.5. The average Bonchev–Trinajstić information content (AvgIpc) is 2.15. The Kier molecular flexibility index (Phi) is 3.04. The molecule has 1 atom stereocenters. The molecule has 0 aliphatic carbocycles. The van der Waals surface area contributed by atoms with Crippen LogP contribution in [-0.4, -0.2) is 18.8 Å². The van der Waals surface area contributed by atoms with Gasteiger partial charge in [0.05, 0.1) is 19.3 Å². The molecule has 1 aliphatic heterocycles. The summed E-state index contributed by atoms with van der Waals surface area (Å²) in [6.45, 7) is 10.2. The summed E-state index contributed by atoms with van der Waals surface area (Å²) in [6, 6.07) is 6.95. The maximum atomic E-state index is 5.67. The van der Waals surface area contributed by atoms with Crippen LogP contribution in [0.2, 0.25) is 0 Å². The Balaban J connectivity index is 2.23. The Hall–Kier alpha value is -0.860. The van der Waals surface area contributed by atoms with Crippen LogP contribution in [0.25, 0.3) is 0 Å². The van der Waals surface area contributed by atoms with E-state index in [1.807, 2.05) is 0 Å². The van der Waals surface area contributed by atoms with E-state index in [4.69, 9.17) is 4.74 Å². The number of rotatable bonds is 1. The van der Waals surface area contributed by atoms with Gasteiger partial charge in [-0.1, -0.05) is 23.8 Å². The molecule has 1 fully saturated rings. The van der Waals surface area contributed by atoms with Gasteiger partial charge < -0.3 is 10.1 Å². The van der Waals surface area contributed by atoms with E-state index in [1.165, 1.54) is 16.7 Å². The predicted molar refractivity (Wildman–Crippen MR) is 66.7 cm³/mol. The highest BCUT2D eigenvalue weighted by Crippen LogP contribution is 2.25. The van der Waals surface area contributed by atoms with Crippen LogP contribution in [0.5, 0.6) is 0 Å². The van der Waals surface area contributed by atoms with Crippen LogP contribution in [0.1, 0.15) is 36.6 Å². The van der Waals surface area contributed by atoms with Crippen LogP contribution in [0, 0.1) is 13.8 Å². The van der Waals surface area contributed by atoms with Crippen molar-refractivity contribution in [1.29, 1.82) is 0 Å². The highest BCUT2D eigenvalue weighted by Gasteiger charge is 2.29. The summed E-state index contributed by atoms with van der Waals surface area (Å²) in [6.07, 6.45) is 0. The maximum absolute atomic E-state index is 5.67. The predicted octanol–water partition coefficient (Wildman–Crippen LogP) is 2.74. The van der Waals surface area contributed by atoms with E-state index in [9.17, 15) is 0 Å². The number of hydrogen-bond acceptors (Lipinski definition) is 2. The van der Waals surface area contributed by atoms with Gasteiger partial charge in [-0.05, 0) is 38.8 Å². The minimum atomic E-state index is 0.0697. The van der Waals surface area contributed by atoms with Crippen LogP contribution in [-0.2, 0) is 4.74 Å². The first-order chi connectivity index (χ1) is 7.48. The topological polar surface area (TPSA) is 21.3 Å². The summed E-state index contributed by atoms with van der Waals surface area (Å²) in [5, 5.41) is 3.64. The van der Waals surface area contributed by atoms with Crippen molar-refractivity contribution in [2.75, 3.05) is 13.2 Å². The molecular weight excluding hydrogens is 198 g/mol. The number of nitrogens with one attached hydrogen (secondary N) is 1. The lowest BCUT2D eigenvalue weighted by atomic mass is 9.95. The lowest BCUT2D eigenvalue weighted by Crippen LogP contribution is -2.51. The second kappa shape index (κ2) is 4.19. The first-order valence-electron chi connectivity index (χ1n) is 5.90. The lowest BCUT2D eigenvalue weighted by molar-refractivity contribution is 0.0126. The molecule has 0 radical (unpaired) electrons. The van der Waals surface area contributed by atoms with E-state index >= 15 is 0 Å². The molecule has 88 valence electrons. The second-order valence-electron chi connectivity index (χ2n) is 5.46. The third-order valence-electron chi connectivity index (χ3n) is 3.11. The van der Waals surface area contributed by atoms with E-state index in [0.717, 1.165) is 13.2 Å². The van der Waals surface area contributed by atoms with Crippen LogP contribution >= 0.6 is 0 Å². The molecule has 16 heavy (non-hydrogen) atoms. The number of ether oxygens (including phenoxy) is 1. The Bertz CT molecular complexity index is 384. The van der Waals surface area contributed by atoms with Crippen molar-refractivity contribution in [2.24, 2.45) is 0 Å². The Morgan fingerprint density at radius 1 is 1.31 bits per heavy atom. The van der Waals surface area contributed by atoms with Crippen LogP contribution in [0.4, 0.5) is 0 Å². The fraction of sp³-hybridized carbons (Fsp3) is 0.571. The number of hydrogen-bond donors (Lipinski definition) is 1. The van der Waals surface area contributed by atoms with Gasteiger partial charge >= 0.3 is 0 Å². The minimum Gasteiger partial charge on any atom is -0.378 e. The molecule has 1 aromatic rings. The molecule has 0 spiro atoms. The van der Waals surface area contributed by atoms with Crippen LogP contribution in [0.3, 0.4) is 0 Å². The molecule has 0 amide bonds. The van der Waals surface area contributed by atoms with Crippen molar-refractivity contribution >= 4 is 0 Å². The zero-order valence-corrected chi connectivity index (χ0v) is 10.6. The molecule has 0 saturated carbocycles. The Morgan fingerprint density at radius 2 is 2.06 bits per heavy atom. The van der Waals surface area contributed by atoms with E-state index < -0.39 is 0 Å². The third kappa shape index (κ3) is 2.45. The van der Waals surface area contributed by atoms with Crippen LogP contribution < -0.4 is 5.32 Å². The van der Waals surface area contributed by atoms with E-state index in [0.29, 0.717) is 6.04 Å². The van der Waals surface area contributed by atoms with Gasteiger partial charge in [0.1, 0.15) is 0 Å². The molecule has 0 bridgehead atoms. The molecule has 1 heterocycles. The summed E-state index contributed by atoms with van der Waals surface area (Å²) in [5.41, 5.74) is 4.09. The Labute approximate surface area is 98.0 Å². The third-order valence-corrected chi connectivity index (χ3v) is 3.11. The highest BCUT2D eigenvalue weighted by molar-refractivity contribution is 5.33. The van der Waals surface area contributed by atoms with Crippen molar-refractivity contribution in [3.05, 3.63) is 34.9 Å². The smallest absolute Gasteiger partial charge is 0.0662 e. The molecule has 1 aromatic carbocycles. The van der Waals surface area contributed by atoms with Gasteiger partial charge in [0.15, 0.2) is 0 Å². The Morgan fingerprint density at radius 3 is 2.69 bits per heavy atom. The zero-order valence-electron chi connectivity index (χ0n) is 10.6. The van der Waals surface area contributed by atoms with Crippen molar-refractivity contribution < 1.29 is 4.74 Å². The molecule has 2 heteroatoms. The van der Waals surface area contributed by atoms with Crippen molar-refractivity contribution in [3.8, 4) is 0 Å². The molecule has 1 unspecified atom stereocenters. The van der Waals surface area contributed by atoms with Gasteiger partial charge in [0.25, 0.3) is 0 Å². The van der Waals surface area contributed by atoms with Crippen molar-refractivity contribution in [2.45, 2.75) is 39.3 Å². The molecule has 1 N–H and O–H groups in total. The summed E-state index contributed by atoms with van der Waals surface area (Å²) in [7, 11) is 0. The molecule has 0 aromatic heterocycles. The maximum Gasteiger partial charge on any atom is 0.0662 e. The summed E-state index contributed by atoms with van der Waals surface area (Å²) < 4.78 is 5.67. The number of benzene rings is 1. The molecule has 1 saturated heterocycles. The van der Waals surface area contributed by atoms with Gasteiger partial charge in [0, 0.05) is 5.54 Å². The van der Waals surface area contributed by atoms with E-state index in [-0.39, 0.29) is 5.54 Å². The van der Waals surface area contributed by atoms with E-state index in [1.54, 1.807) is 0 Å². The second-order valence-corrected chi connectivity index (χ2v) is 5.46. The SMILES string of the molecule is Cc1ccc(C2COCC(C)(C)N2)c(C)c1. The zero-order chi connectivity index (χ0) is 11.8. The summed E-state index contributed by atoms with van der Waals surface area (Å²) in [4.78, 5) is 0. The minimum absolute atomic E-state index is 0.0697. The lowest BCUT2D eigenvalue weighted by Gasteiger charge is -2.37. The van der Waals surface area contributed by atoms with Gasteiger partial charge in [-0.25, -0.2) is 0 Å².